The van der Waals surface area contributed by atoms with Gasteiger partial charge in [0.1, 0.15) is 6.04 Å². The number of hydrogen-bond donors (Lipinski definition) is 1. The molecule has 0 aliphatic carbocycles. The second-order valence-corrected chi connectivity index (χ2v) is 6.83. The Kier molecular flexibility index (Phi) is 4.68. The maximum Gasteiger partial charge on any atom is 0.243 e. The Labute approximate surface area is 144 Å². The fourth-order valence-corrected chi connectivity index (χ4v) is 3.62. The highest BCUT2D eigenvalue weighted by molar-refractivity contribution is 7.08. The molecule has 0 saturated carbocycles. The molecule has 23 heavy (non-hydrogen) atoms. The molecule has 1 aromatic carbocycles. The molecular formula is C17H17ClN2O2S. The summed E-state index contributed by atoms with van der Waals surface area (Å²) < 4.78 is 0. The fraction of sp³-hybridized carbons (Fsp3) is 0.294. The molecule has 3 rings (SSSR count). The zero-order chi connectivity index (χ0) is 16.4. The van der Waals surface area contributed by atoms with Gasteiger partial charge in [-0.05, 0) is 46.5 Å². The van der Waals surface area contributed by atoms with Crippen LogP contribution >= 0.6 is 22.9 Å². The summed E-state index contributed by atoms with van der Waals surface area (Å²) in [7, 11) is 1.68. The molecule has 1 aromatic heterocycles. The van der Waals surface area contributed by atoms with E-state index in [-0.39, 0.29) is 17.9 Å². The van der Waals surface area contributed by atoms with Gasteiger partial charge in [0.25, 0.3) is 0 Å². The topological polar surface area (TPSA) is 49.4 Å². The first-order valence-electron chi connectivity index (χ1n) is 7.40. The van der Waals surface area contributed by atoms with Gasteiger partial charge in [-0.25, -0.2) is 0 Å². The van der Waals surface area contributed by atoms with Gasteiger partial charge in [0.2, 0.25) is 11.8 Å². The van der Waals surface area contributed by atoms with Crippen LogP contribution in [0.2, 0.25) is 5.02 Å². The van der Waals surface area contributed by atoms with Crippen LogP contribution < -0.4 is 5.32 Å². The Morgan fingerprint density at radius 3 is 2.61 bits per heavy atom. The third kappa shape index (κ3) is 3.41. The van der Waals surface area contributed by atoms with Crippen molar-refractivity contribution in [1.82, 2.24) is 10.2 Å². The van der Waals surface area contributed by atoms with Crippen molar-refractivity contribution in [1.29, 1.82) is 0 Å². The molecule has 1 aliphatic heterocycles. The van der Waals surface area contributed by atoms with E-state index in [1.54, 1.807) is 18.4 Å². The maximum atomic E-state index is 12.6. The molecule has 1 saturated heterocycles. The molecule has 4 nitrogen and oxygen atoms in total. The molecule has 6 heteroatoms. The number of rotatable bonds is 4. The molecule has 120 valence electrons. The highest BCUT2D eigenvalue weighted by atomic mass is 35.5. The summed E-state index contributed by atoms with van der Waals surface area (Å²) in [4.78, 5) is 25.8. The third-order valence-electron chi connectivity index (χ3n) is 4.16. The first-order valence-corrected chi connectivity index (χ1v) is 8.72. The summed E-state index contributed by atoms with van der Waals surface area (Å²) in [5.41, 5.74) is 1.99. The number of nitrogens with one attached hydrogen (secondary N) is 1. The van der Waals surface area contributed by atoms with E-state index in [0.717, 1.165) is 11.1 Å². The molecule has 1 fully saturated rings. The maximum absolute atomic E-state index is 12.6. The lowest BCUT2D eigenvalue weighted by molar-refractivity contribution is -0.134. The molecule has 0 unspecified atom stereocenters. The quantitative estimate of drug-likeness (QED) is 0.922. The summed E-state index contributed by atoms with van der Waals surface area (Å²) >= 11 is 7.54. The number of thiophene rings is 1. The molecular weight excluding hydrogens is 332 g/mol. The van der Waals surface area contributed by atoms with Gasteiger partial charge in [-0.3, -0.25) is 9.59 Å². The van der Waals surface area contributed by atoms with Crippen LogP contribution in [0.1, 0.15) is 30.0 Å². The lowest BCUT2D eigenvalue weighted by atomic mass is 10.0. The van der Waals surface area contributed by atoms with Gasteiger partial charge in [-0.15, -0.1) is 0 Å². The van der Waals surface area contributed by atoms with Gasteiger partial charge >= 0.3 is 0 Å². The van der Waals surface area contributed by atoms with Crippen molar-refractivity contribution in [3.05, 3.63) is 57.2 Å². The number of carbonyl (C=O) groups excluding carboxylic acids is 2. The van der Waals surface area contributed by atoms with Crippen LogP contribution in [0, 0.1) is 0 Å². The van der Waals surface area contributed by atoms with Gasteiger partial charge in [0, 0.05) is 18.5 Å². The molecule has 2 amide bonds. The predicted octanol–water partition coefficient (Wildman–Crippen LogP) is 3.23. The smallest absolute Gasteiger partial charge is 0.243 e. The fourth-order valence-electron chi connectivity index (χ4n) is 2.80. The summed E-state index contributed by atoms with van der Waals surface area (Å²) in [6, 6.07) is 8.81. The average Bonchev–Trinajstić information content (AvgIpc) is 3.17. The van der Waals surface area contributed by atoms with Crippen LogP contribution in [0.4, 0.5) is 0 Å². The lowest BCUT2D eigenvalue weighted by Gasteiger charge is -2.24. The van der Waals surface area contributed by atoms with Crippen LogP contribution in [0.25, 0.3) is 0 Å². The lowest BCUT2D eigenvalue weighted by Crippen LogP contribution is -2.44. The summed E-state index contributed by atoms with van der Waals surface area (Å²) in [6.07, 6.45) is 0.997. The van der Waals surface area contributed by atoms with Crippen molar-refractivity contribution in [2.45, 2.75) is 24.9 Å². The number of likely N-dealkylation sites (tertiary alicyclic amines) is 1. The number of halogens is 1. The SMILES string of the molecule is CN1C(=O)CC[C@@H]1C(=O)N[C@@H](c1ccc(Cl)cc1)c1ccsc1. The molecule has 0 spiro atoms. The Balaban J connectivity index is 1.83. The van der Waals surface area contributed by atoms with E-state index in [4.69, 9.17) is 11.6 Å². The van der Waals surface area contributed by atoms with Gasteiger partial charge in [-0.2, -0.15) is 11.3 Å². The van der Waals surface area contributed by atoms with E-state index in [2.05, 4.69) is 5.32 Å². The minimum Gasteiger partial charge on any atom is -0.343 e. The van der Waals surface area contributed by atoms with E-state index < -0.39 is 6.04 Å². The molecule has 2 heterocycles. The van der Waals surface area contributed by atoms with E-state index in [9.17, 15) is 9.59 Å². The van der Waals surface area contributed by atoms with Gasteiger partial charge in [-0.1, -0.05) is 23.7 Å². The average molecular weight is 349 g/mol. The zero-order valence-corrected chi connectivity index (χ0v) is 14.2. The summed E-state index contributed by atoms with van der Waals surface area (Å²) in [5.74, 6) is -0.103. The first-order chi connectivity index (χ1) is 11.1. The van der Waals surface area contributed by atoms with Gasteiger partial charge in [0.15, 0.2) is 0 Å². The standard InChI is InChI=1S/C17H17ClN2O2S/c1-20-14(6-7-15(20)21)17(22)19-16(12-8-9-23-10-12)11-2-4-13(18)5-3-11/h2-5,8-10,14,16H,6-7H2,1H3,(H,19,22)/t14-,16+/m1/s1. The van der Waals surface area contributed by atoms with Crippen LogP contribution in [-0.4, -0.2) is 29.8 Å². The number of likely N-dealkylation sites (N-methyl/N-ethyl adjacent to an activating group) is 1. The van der Waals surface area contributed by atoms with E-state index >= 15 is 0 Å². The van der Waals surface area contributed by atoms with Crippen LogP contribution in [0.15, 0.2) is 41.1 Å². The predicted molar refractivity (Wildman–Crippen MR) is 91.5 cm³/mol. The van der Waals surface area contributed by atoms with Gasteiger partial charge < -0.3 is 10.2 Å². The van der Waals surface area contributed by atoms with Crippen molar-refractivity contribution in [3.63, 3.8) is 0 Å². The van der Waals surface area contributed by atoms with Crippen LogP contribution in [0.3, 0.4) is 0 Å². The Morgan fingerprint density at radius 1 is 1.30 bits per heavy atom. The van der Waals surface area contributed by atoms with Crippen molar-refractivity contribution in [2.75, 3.05) is 7.05 Å². The second-order valence-electron chi connectivity index (χ2n) is 5.61. The highest BCUT2D eigenvalue weighted by Crippen LogP contribution is 2.26. The molecule has 0 radical (unpaired) electrons. The van der Waals surface area contributed by atoms with E-state index in [1.807, 2.05) is 41.1 Å². The monoisotopic (exact) mass is 348 g/mol. The van der Waals surface area contributed by atoms with E-state index in [1.165, 1.54) is 4.90 Å². The number of hydrogen-bond acceptors (Lipinski definition) is 3. The molecule has 2 atom stereocenters. The molecule has 1 N–H and O–H groups in total. The molecule has 0 bridgehead atoms. The minimum atomic E-state index is -0.393. The number of benzene rings is 1. The Bertz CT molecular complexity index is 700. The largest absolute Gasteiger partial charge is 0.343 e. The molecule has 1 aliphatic rings. The Morgan fingerprint density at radius 2 is 2.04 bits per heavy atom. The normalized spacial score (nSPS) is 19.0. The van der Waals surface area contributed by atoms with Crippen LogP contribution in [0.5, 0.6) is 0 Å². The van der Waals surface area contributed by atoms with Crippen molar-refractivity contribution in [2.24, 2.45) is 0 Å². The highest BCUT2D eigenvalue weighted by Gasteiger charge is 2.34. The number of carbonyl (C=O) groups is 2. The zero-order valence-electron chi connectivity index (χ0n) is 12.7. The first kappa shape index (κ1) is 16.0. The number of amides is 2. The summed E-state index contributed by atoms with van der Waals surface area (Å²) in [5, 5.41) is 7.74. The van der Waals surface area contributed by atoms with Crippen molar-refractivity contribution < 1.29 is 9.59 Å². The third-order valence-corrected chi connectivity index (χ3v) is 5.12. The van der Waals surface area contributed by atoms with Crippen LogP contribution in [-0.2, 0) is 9.59 Å². The van der Waals surface area contributed by atoms with Crippen molar-refractivity contribution >= 4 is 34.8 Å². The van der Waals surface area contributed by atoms with E-state index in [0.29, 0.717) is 17.9 Å². The minimum absolute atomic E-state index is 0.0173. The Hall–Kier alpha value is -1.85. The molecule has 2 aromatic rings. The number of nitrogens with zero attached hydrogens (tertiary/aromatic N) is 1. The van der Waals surface area contributed by atoms with Crippen molar-refractivity contribution in [3.8, 4) is 0 Å². The second kappa shape index (κ2) is 6.72. The summed E-state index contributed by atoms with van der Waals surface area (Å²) in [6.45, 7) is 0. The van der Waals surface area contributed by atoms with Gasteiger partial charge in [0.05, 0.1) is 6.04 Å².